The lowest BCUT2D eigenvalue weighted by Crippen LogP contribution is -2.40. The number of carbonyl (C=O) groups excluding carboxylic acids is 2. The van der Waals surface area contributed by atoms with E-state index >= 15 is 0 Å². The molecule has 0 saturated heterocycles. The molecule has 0 aliphatic carbocycles. The SMILES string of the molecule is CCOC(=O)C1=C(C)N=c2s/c(=C/c3cc(C)n(-c4ccc(C(=O)OCC)cc4)c3C)c(=O)n2[C@H]1c1cc(OC)ccc1OC. The summed E-state index contributed by atoms with van der Waals surface area (Å²) in [4.78, 5) is 44.8. The molecule has 1 atom stereocenters. The average Bonchev–Trinajstić information content (AvgIpc) is 3.49. The number of thiazole rings is 1. The normalized spacial score (nSPS) is 14.6. The summed E-state index contributed by atoms with van der Waals surface area (Å²) < 4.78 is 25.7. The highest BCUT2D eigenvalue weighted by Gasteiger charge is 2.35. The summed E-state index contributed by atoms with van der Waals surface area (Å²) in [5.74, 6) is 0.116. The predicted molar refractivity (Wildman–Crippen MR) is 171 cm³/mol. The first-order valence-electron chi connectivity index (χ1n) is 14.5. The van der Waals surface area contributed by atoms with Crippen LogP contribution < -0.4 is 24.4 Å². The van der Waals surface area contributed by atoms with Crippen LogP contribution in [0.4, 0.5) is 0 Å². The number of allylic oxidation sites excluding steroid dienone is 1. The summed E-state index contributed by atoms with van der Waals surface area (Å²) in [6, 6.07) is 13.6. The lowest BCUT2D eigenvalue weighted by atomic mass is 9.94. The van der Waals surface area contributed by atoms with Gasteiger partial charge in [-0.1, -0.05) is 11.3 Å². The molecule has 234 valence electrons. The molecule has 1 aliphatic heterocycles. The topological polar surface area (TPSA) is 110 Å². The Hall–Kier alpha value is -4.90. The van der Waals surface area contributed by atoms with Crippen molar-refractivity contribution in [3.63, 3.8) is 0 Å². The first kappa shape index (κ1) is 31.5. The van der Waals surface area contributed by atoms with E-state index in [1.165, 1.54) is 23.0 Å². The Morgan fingerprint density at radius 2 is 1.62 bits per heavy atom. The highest BCUT2D eigenvalue weighted by Crippen LogP contribution is 2.38. The number of aromatic nitrogens is 2. The van der Waals surface area contributed by atoms with Crippen molar-refractivity contribution in [1.29, 1.82) is 0 Å². The van der Waals surface area contributed by atoms with E-state index < -0.39 is 12.0 Å². The smallest absolute Gasteiger partial charge is 0.338 e. The van der Waals surface area contributed by atoms with Crippen molar-refractivity contribution >= 4 is 29.4 Å². The molecule has 0 bridgehead atoms. The number of benzene rings is 2. The molecular weight excluding hydrogens is 594 g/mol. The van der Waals surface area contributed by atoms with Gasteiger partial charge in [-0.2, -0.15) is 0 Å². The molecular formula is C34H35N3O7S. The number of ether oxygens (including phenoxy) is 4. The second-order valence-electron chi connectivity index (χ2n) is 10.3. The molecule has 2 aromatic carbocycles. The third-order valence-electron chi connectivity index (χ3n) is 7.64. The maximum Gasteiger partial charge on any atom is 0.338 e. The fourth-order valence-corrected chi connectivity index (χ4v) is 6.61. The van der Waals surface area contributed by atoms with Crippen LogP contribution >= 0.6 is 11.3 Å². The van der Waals surface area contributed by atoms with Crippen LogP contribution in [0.25, 0.3) is 11.8 Å². The zero-order valence-corrected chi connectivity index (χ0v) is 27.1. The second kappa shape index (κ2) is 13.0. The van der Waals surface area contributed by atoms with Crippen molar-refractivity contribution < 1.29 is 28.5 Å². The molecule has 11 heteroatoms. The molecule has 0 unspecified atom stereocenters. The van der Waals surface area contributed by atoms with Crippen LogP contribution in [-0.2, 0) is 14.3 Å². The third kappa shape index (κ3) is 5.83. The summed E-state index contributed by atoms with van der Waals surface area (Å²) >= 11 is 1.25. The van der Waals surface area contributed by atoms with Gasteiger partial charge in [0.2, 0.25) is 0 Å². The number of hydrogen-bond acceptors (Lipinski definition) is 9. The first-order chi connectivity index (χ1) is 21.6. The monoisotopic (exact) mass is 629 g/mol. The molecule has 0 radical (unpaired) electrons. The molecule has 0 saturated carbocycles. The Morgan fingerprint density at radius 3 is 2.27 bits per heavy atom. The third-order valence-corrected chi connectivity index (χ3v) is 8.62. The number of methoxy groups -OCH3 is 2. The van der Waals surface area contributed by atoms with E-state index in [1.54, 1.807) is 58.2 Å². The van der Waals surface area contributed by atoms with Gasteiger partial charge in [0, 0.05) is 22.6 Å². The first-order valence-corrected chi connectivity index (χ1v) is 15.3. The number of nitrogens with zero attached hydrogens (tertiary/aromatic N) is 3. The lowest BCUT2D eigenvalue weighted by molar-refractivity contribution is -0.139. The zero-order chi connectivity index (χ0) is 32.4. The molecule has 0 amide bonds. The minimum atomic E-state index is -0.849. The van der Waals surface area contributed by atoms with Crippen molar-refractivity contribution in [3.8, 4) is 17.2 Å². The van der Waals surface area contributed by atoms with Crippen LogP contribution in [0.2, 0.25) is 0 Å². The van der Waals surface area contributed by atoms with E-state index in [4.69, 9.17) is 18.9 Å². The van der Waals surface area contributed by atoms with Crippen LogP contribution in [0.15, 0.2) is 69.6 Å². The number of rotatable bonds is 9. The Bertz CT molecular complexity index is 2000. The summed E-state index contributed by atoms with van der Waals surface area (Å²) in [7, 11) is 3.09. The Morgan fingerprint density at radius 1 is 0.933 bits per heavy atom. The lowest BCUT2D eigenvalue weighted by Gasteiger charge is -2.26. The van der Waals surface area contributed by atoms with Crippen molar-refractivity contribution in [2.24, 2.45) is 4.99 Å². The summed E-state index contributed by atoms with van der Waals surface area (Å²) in [5, 5.41) is 0. The van der Waals surface area contributed by atoms with Crippen LogP contribution in [0.3, 0.4) is 0 Å². The van der Waals surface area contributed by atoms with Gasteiger partial charge in [0.25, 0.3) is 5.56 Å². The van der Waals surface area contributed by atoms with E-state index in [9.17, 15) is 14.4 Å². The maximum absolute atomic E-state index is 14.2. The van der Waals surface area contributed by atoms with E-state index in [0.29, 0.717) is 44.3 Å². The fraction of sp³-hybridized carbons (Fsp3) is 0.294. The highest BCUT2D eigenvalue weighted by molar-refractivity contribution is 7.07. The average molecular weight is 630 g/mol. The van der Waals surface area contributed by atoms with Gasteiger partial charge in [-0.05, 0) is 94.8 Å². The number of hydrogen-bond donors (Lipinski definition) is 0. The Balaban J connectivity index is 1.66. The molecule has 1 aliphatic rings. The van der Waals surface area contributed by atoms with Gasteiger partial charge >= 0.3 is 11.9 Å². The minimum Gasteiger partial charge on any atom is -0.497 e. The quantitative estimate of drug-likeness (QED) is 0.253. The number of aryl methyl sites for hydroxylation is 1. The van der Waals surface area contributed by atoms with Crippen LogP contribution in [0.1, 0.15) is 59.7 Å². The Kier molecular flexibility index (Phi) is 9.10. The van der Waals surface area contributed by atoms with Gasteiger partial charge in [0.05, 0.1) is 48.8 Å². The molecule has 0 N–H and O–H groups in total. The molecule has 3 heterocycles. The summed E-state index contributed by atoms with van der Waals surface area (Å²) in [6.45, 7) is 9.68. The molecule has 2 aromatic heterocycles. The van der Waals surface area contributed by atoms with Crippen molar-refractivity contribution in [1.82, 2.24) is 9.13 Å². The number of esters is 2. The van der Waals surface area contributed by atoms with Gasteiger partial charge < -0.3 is 23.5 Å². The summed E-state index contributed by atoms with van der Waals surface area (Å²) in [6.07, 6.45) is 1.85. The Labute approximate surface area is 264 Å². The van der Waals surface area contributed by atoms with E-state index in [2.05, 4.69) is 9.56 Å². The van der Waals surface area contributed by atoms with Gasteiger partial charge in [-0.25, -0.2) is 14.6 Å². The van der Waals surface area contributed by atoms with Crippen LogP contribution in [-0.4, -0.2) is 48.5 Å². The van der Waals surface area contributed by atoms with Gasteiger partial charge in [-0.15, -0.1) is 0 Å². The fourth-order valence-electron chi connectivity index (χ4n) is 5.57. The van der Waals surface area contributed by atoms with Crippen molar-refractivity contribution in [2.75, 3.05) is 27.4 Å². The van der Waals surface area contributed by atoms with Crippen LogP contribution in [0, 0.1) is 13.8 Å². The molecule has 45 heavy (non-hydrogen) atoms. The van der Waals surface area contributed by atoms with Gasteiger partial charge in [0.15, 0.2) is 4.80 Å². The van der Waals surface area contributed by atoms with E-state index in [0.717, 1.165) is 22.6 Å². The number of fused-ring (bicyclic) bond motifs is 1. The molecule has 5 rings (SSSR count). The standard InChI is InChI=1S/C34H35N3O7S/c1-8-43-32(39)22-10-12-24(13-11-22)36-19(3)16-23(21(36)5)17-28-31(38)37-30(26-18-25(41-6)14-15-27(26)42-7)29(33(40)44-9-2)20(4)35-34(37)45-28/h10-18,30H,8-9H2,1-7H3/b28-17+/t30-/m0/s1. The van der Waals surface area contributed by atoms with Crippen molar-refractivity contribution in [2.45, 2.75) is 40.7 Å². The molecule has 0 fully saturated rings. The van der Waals surface area contributed by atoms with Crippen molar-refractivity contribution in [3.05, 3.63) is 108 Å². The van der Waals surface area contributed by atoms with Gasteiger partial charge in [-0.3, -0.25) is 9.36 Å². The highest BCUT2D eigenvalue weighted by atomic mass is 32.1. The maximum atomic E-state index is 14.2. The van der Waals surface area contributed by atoms with E-state index in [-0.39, 0.29) is 23.7 Å². The second-order valence-corrected chi connectivity index (χ2v) is 11.3. The van der Waals surface area contributed by atoms with E-state index in [1.807, 2.05) is 38.1 Å². The van der Waals surface area contributed by atoms with Crippen LogP contribution in [0.5, 0.6) is 11.5 Å². The summed E-state index contributed by atoms with van der Waals surface area (Å²) in [5.41, 5.74) is 5.06. The van der Waals surface area contributed by atoms with Gasteiger partial charge in [0.1, 0.15) is 17.5 Å². The zero-order valence-electron chi connectivity index (χ0n) is 26.3. The largest absolute Gasteiger partial charge is 0.497 e. The molecule has 4 aromatic rings. The number of carbonyl (C=O) groups is 2. The minimum absolute atomic E-state index is 0.170. The predicted octanol–water partition coefficient (Wildman–Crippen LogP) is 4.40. The molecule has 0 spiro atoms. The molecule has 10 nitrogen and oxygen atoms in total.